The van der Waals surface area contributed by atoms with Gasteiger partial charge in [0.25, 0.3) is 0 Å². The van der Waals surface area contributed by atoms with Crippen LogP contribution < -0.4 is 11.1 Å². The van der Waals surface area contributed by atoms with E-state index in [1.54, 1.807) is 6.20 Å². The van der Waals surface area contributed by atoms with Gasteiger partial charge >= 0.3 is 0 Å². The van der Waals surface area contributed by atoms with Crippen molar-refractivity contribution in [2.75, 3.05) is 11.1 Å². The molecule has 21 heavy (non-hydrogen) atoms. The first-order valence-electron chi connectivity index (χ1n) is 7.23. The van der Waals surface area contributed by atoms with Gasteiger partial charge < -0.3 is 11.1 Å². The Balaban J connectivity index is 1.83. The molecule has 0 aliphatic rings. The second-order valence-corrected chi connectivity index (χ2v) is 5.13. The van der Waals surface area contributed by atoms with Crippen molar-refractivity contribution in [1.82, 2.24) is 4.98 Å². The molecule has 3 aromatic rings. The minimum Gasteiger partial charge on any atom is -0.397 e. The summed E-state index contributed by atoms with van der Waals surface area (Å²) in [6.45, 7) is 2.96. The molecule has 2 aromatic carbocycles. The van der Waals surface area contributed by atoms with E-state index in [0.717, 1.165) is 29.6 Å². The van der Waals surface area contributed by atoms with Gasteiger partial charge in [0.05, 0.1) is 11.2 Å². The summed E-state index contributed by atoms with van der Waals surface area (Å²) < 4.78 is 0. The van der Waals surface area contributed by atoms with Crippen LogP contribution in [0.1, 0.15) is 18.1 Å². The summed E-state index contributed by atoms with van der Waals surface area (Å²) in [5.41, 5.74) is 11.2. The second-order valence-electron chi connectivity index (χ2n) is 5.13. The number of nitrogens with one attached hydrogen (secondary N) is 1. The highest BCUT2D eigenvalue weighted by Crippen LogP contribution is 2.26. The second kappa shape index (κ2) is 5.83. The van der Waals surface area contributed by atoms with Gasteiger partial charge in [0, 0.05) is 23.8 Å². The molecule has 0 radical (unpaired) electrons. The number of aromatic nitrogens is 1. The monoisotopic (exact) mass is 277 g/mol. The molecule has 0 bridgehead atoms. The van der Waals surface area contributed by atoms with Gasteiger partial charge in [-0.3, -0.25) is 4.98 Å². The smallest absolute Gasteiger partial charge is 0.0951 e. The molecule has 0 aliphatic carbocycles. The molecule has 0 aliphatic heterocycles. The average Bonchev–Trinajstić information content (AvgIpc) is 2.55. The molecule has 0 spiro atoms. The molecule has 3 rings (SSSR count). The van der Waals surface area contributed by atoms with Gasteiger partial charge in [0.15, 0.2) is 0 Å². The van der Waals surface area contributed by atoms with Crippen molar-refractivity contribution in [3.63, 3.8) is 0 Å². The van der Waals surface area contributed by atoms with Crippen LogP contribution in [0.25, 0.3) is 10.9 Å². The number of hydrogen-bond donors (Lipinski definition) is 2. The number of pyridine rings is 1. The summed E-state index contributed by atoms with van der Waals surface area (Å²) in [5, 5.41) is 4.53. The predicted molar refractivity (Wildman–Crippen MR) is 89.3 cm³/mol. The number of anilines is 2. The maximum Gasteiger partial charge on any atom is 0.0951 e. The summed E-state index contributed by atoms with van der Waals surface area (Å²) in [5.74, 6) is 0. The molecule has 0 amide bonds. The van der Waals surface area contributed by atoms with Crippen molar-refractivity contribution >= 4 is 22.3 Å². The Kier molecular flexibility index (Phi) is 3.73. The molecule has 3 nitrogen and oxygen atoms in total. The largest absolute Gasteiger partial charge is 0.397 e. The minimum absolute atomic E-state index is 0.712. The van der Waals surface area contributed by atoms with E-state index in [1.165, 1.54) is 11.1 Å². The van der Waals surface area contributed by atoms with E-state index in [9.17, 15) is 0 Å². The molecule has 0 saturated heterocycles. The van der Waals surface area contributed by atoms with E-state index in [-0.39, 0.29) is 0 Å². The van der Waals surface area contributed by atoms with Gasteiger partial charge in [-0.25, -0.2) is 0 Å². The zero-order valence-electron chi connectivity index (χ0n) is 12.1. The first-order chi connectivity index (χ1) is 10.3. The first-order valence-corrected chi connectivity index (χ1v) is 7.23. The third-order valence-electron chi connectivity index (χ3n) is 3.72. The first kappa shape index (κ1) is 13.4. The molecular formula is C18H19N3. The maximum absolute atomic E-state index is 5.97. The Labute approximate surface area is 124 Å². The average molecular weight is 277 g/mol. The lowest BCUT2D eigenvalue weighted by atomic mass is 10.1. The molecule has 1 aromatic heterocycles. The zero-order chi connectivity index (χ0) is 14.7. The van der Waals surface area contributed by atoms with Gasteiger partial charge in [-0.15, -0.1) is 0 Å². The number of fused-ring (bicyclic) bond motifs is 1. The summed E-state index contributed by atoms with van der Waals surface area (Å²) >= 11 is 0. The third-order valence-corrected chi connectivity index (χ3v) is 3.72. The van der Waals surface area contributed by atoms with E-state index >= 15 is 0 Å². The van der Waals surface area contributed by atoms with E-state index < -0.39 is 0 Å². The highest BCUT2D eigenvalue weighted by Gasteiger charge is 2.04. The van der Waals surface area contributed by atoms with Crippen LogP contribution in [0, 0.1) is 0 Å². The molecule has 3 N–H and O–H groups in total. The lowest BCUT2D eigenvalue weighted by Crippen LogP contribution is -2.01. The van der Waals surface area contributed by atoms with Crippen LogP contribution in [0.4, 0.5) is 11.4 Å². The molecule has 106 valence electrons. The highest BCUT2D eigenvalue weighted by atomic mass is 14.9. The molecular weight excluding hydrogens is 258 g/mol. The summed E-state index contributed by atoms with van der Waals surface area (Å²) in [6.07, 6.45) is 2.84. The third kappa shape index (κ3) is 2.82. The van der Waals surface area contributed by atoms with Crippen molar-refractivity contribution in [2.45, 2.75) is 19.9 Å². The van der Waals surface area contributed by atoms with Gasteiger partial charge in [0.1, 0.15) is 0 Å². The van der Waals surface area contributed by atoms with Crippen LogP contribution in [0.5, 0.6) is 0 Å². The zero-order valence-corrected chi connectivity index (χ0v) is 12.1. The van der Waals surface area contributed by atoms with Gasteiger partial charge in [-0.05, 0) is 41.8 Å². The molecule has 0 unspecified atom stereocenters. The van der Waals surface area contributed by atoms with Crippen LogP contribution in [0.2, 0.25) is 0 Å². The fourth-order valence-corrected chi connectivity index (χ4v) is 2.44. The minimum atomic E-state index is 0.712. The fourth-order valence-electron chi connectivity index (χ4n) is 2.44. The number of nitrogens with two attached hydrogens (primary N) is 1. The fraction of sp³-hybridized carbons (Fsp3) is 0.167. The normalized spacial score (nSPS) is 10.7. The van der Waals surface area contributed by atoms with Crippen LogP contribution in [-0.2, 0) is 13.0 Å². The summed E-state index contributed by atoms with van der Waals surface area (Å²) in [4.78, 5) is 4.35. The van der Waals surface area contributed by atoms with Crippen LogP contribution in [0.15, 0.2) is 54.7 Å². The summed E-state index contributed by atoms with van der Waals surface area (Å²) in [7, 11) is 0. The highest BCUT2D eigenvalue weighted by molar-refractivity contribution is 5.98. The van der Waals surface area contributed by atoms with Crippen LogP contribution in [0.3, 0.4) is 0 Å². The van der Waals surface area contributed by atoms with Crippen molar-refractivity contribution in [1.29, 1.82) is 0 Å². The molecule has 3 heteroatoms. The number of aryl methyl sites for hydroxylation is 1. The lowest BCUT2D eigenvalue weighted by molar-refractivity contribution is 1.11. The van der Waals surface area contributed by atoms with E-state index in [0.29, 0.717) is 5.69 Å². The van der Waals surface area contributed by atoms with E-state index in [4.69, 9.17) is 5.73 Å². The van der Waals surface area contributed by atoms with Gasteiger partial charge in [-0.2, -0.15) is 0 Å². The molecule has 0 saturated carbocycles. The van der Waals surface area contributed by atoms with Crippen molar-refractivity contribution < 1.29 is 0 Å². The maximum atomic E-state index is 5.97. The Hall–Kier alpha value is -2.55. The molecule has 0 atom stereocenters. The van der Waals surface area contributed by atoms with Gasteiger partial charge in [-0.1, -0.05) is 31.2 Å². The Morgan fingerprint density at radius 2 is 1.76 bits per heavy atom. The number of benzene rings is 2. The van der Waals surface area contributed by atoms with E-state index in [2.05, 4.69) is 41.5 Å². The molecule has 1 heterocycles. The number of nitrogens with zero attached hydrogens (tertiary/aromatic N) is 1. The topological polar surface area (TPSA) is 50.9 Å². The lowest BCUT2D eigenvalue weighted by Gasteiger charge is -2.11. The standard InChI is InChI=1S/C18H19N3/c1-2-13-5-7-14(8-6-13)12-21-17-10-9-16(19)18-15(17)4-3-11-20-18/h3-11,21H,2,12,19H2,1H3. The van der Waals surface area contributed by atoms with Gasteiger partial charge in [0.2, 0.25) is 0 Å². The number of rotatable bonds is 4. The van der Waals surface area contributed by atoms with Crippen molar-refractivity contribution in [3.8, 4) is 0 Å². The van der Waals surface area contributed by atoms with Crippen LogP contribution >= 0.6 is 0 Å². The Bertz CT molecular complexity index is 748. The Morgan fingerprint density at radius 3 is 2.52 bits per heavy atom. The SMILES string of the molecule is CCc1ccc(CNc2ccc(N)c3ncccc23)cc1. The van der Waals surface area contributed by atoms with Crippen molar-refractivity contribution in [2.24, 2.45) is 0 Å². The molecule has 0 fully saturated rings. The predicted octanol–water partition coefficient (Wildman–Crippen LogP) is 3.99. The van der Waals surface area contributed by atoms with Crippen molar-refractivity contribution in [3.05, 3.63) is 65.9 Å². The number of hydrogen-bond acceptors (Lipinski definition) is 3. The quantitative estimate of drug-likeness (QED) is 0.709. The van der Waals surface area contributed by atoms with E-state index in [1.807, 2.05) is 24.3 Å². The van der Waals surface area contributed by atoms with Crippen LogP contribution in [-0.4, -0.2) is 4.98 Å². The Morgan fingerprint density at radius 1 is 1.00 bits per heavy atom. The summed E-state index contributed by atoms with van der Waals surface area (Å²) in [6, 6.07) is 16.6. The number of nitrogen functional groups attached to an aromatic ring is 1.